The molecule has 1 atom stereocenters. The lowest BCUT2D eigenvalue weighted by molar-refractivity contribution is -0.128. The highest BCUT2D eigenvalue weighted by atomic mass is 19.1. The van der Waals surface area contributed by atoms with Crippen molar-refractivity contribution in [3.8, 4) is 0 Å². The molecule has 1 aromatic rings. The highest BCUT2D eigenvalue weighted by molar-refractivity contribution is 5.80. The van der Waals surface area contributed by atoms with E-state index in [0.717, 1.165) is 6.42 Å². The van der Waals surface area contributed by atoms with Gasteiger partial charge in [0.2, 0.25) is 11.8 Å². The Morgan fingerprint density at radius 3 is 2.68 bits per heavy atom. The van der Waals surface area contributed by atoms with Gasteiger partial charge in [0.25, 0.3) is 0 Å². The van der Waals surface area contributed by atoms with Crippen molar-refractivity contribution >= 4 is 11.8 Å². The van der Waals surface area contributed by atoms with Crippen molar-refractivity contribution in [1.29, 1.82) is 0 Å². The van der Waals surface area contributed by atoms with Gasteiger partial charge in [0.1, 0.15) is 11.4 Å². The number of halogens is 1. The lowest BCUT2D eigenvalue weighted by atomic mass is 9.96. The van der Waals surface area contributed by atoms with Gasteiger partial charge in [0.05, 0.1) is 6.54 Å². The number of aliphatic hydroxyl groups is 1. The predicted molar refractivity (Wildman–Crippen MR) is 79.4 cm³/mol. The van der Waals surface area contributed by atoms with Crippen LogP contribution in [-0.2, 0) is 15.2 Å². The number of amides is 2. The molecule has 0 bridgehead atoms. The molecule has 1 aliphatic heterocycles. The van der Waals surface area contributed by atoms with Crippen LogP contribution < -0.4 is 5.32 Å². The van der Waals surface area contributed by atoms with Crippen LogP contribution in [-0.4, -0.2) is 41.5 Å². The van der Waals surface area contributed by atoms with E-state index in [-0.39, 0.29) is 30.6 Å². The van der Waals surface area contributed by atoms with Crippen LogP contribution in [0.1, 0.15) is 31.7 Å². The summed E-state index contributed by atoms with van der Waals surface area (Å²) in [6.07, 6.45) is 1.62. The van der Waals surface area contributed by atoms with E-state index in [0.29, 0.717) is 25.1 Å². The molecule has 0 aromatic heterocycles. The van der Waals surface area contributed by atoms with Crippen molar-refractivity contribution < 1.29 is 19.1 Å². The number of likely N-dealkylation sites (tertiary alicyclic amines) is 1. The van der Waals surface area contributed by atoms with Crippen molar-refractivity contribution in [2.45, 2.75) is 31.8 Å². The average molecular weight is 308 g/mol. The summed E-state index contributed by atoms with van der Waals surface area (Å²) in [6, 6.07) is 5.52. The monoisotopic (exact) mass is 308 g/mol. The first-order valence-electron chi connectivity index (χ1n) is 7.41. The summed E-state index contributed by atoms with van der Waals surface area (Å²) in [6.45, 7) is 2.71. The molecule has 0 aliphatic carbocycles. The second kappa shape index (κ2) is 6.87. The molecule has 1 saturated heterocycles. The number of nitrogens with one attached hydrogen (secondary N) is 1. The van der Waals surface area contributed by atoms with E-state index in [4.69, 9.17) is 0 Å². The van der Waals surface area contributed by atoms with E-state index in [1.54, 1.807) is 11.8 Å². The zero-order valence-corrected chi connectivity index (χ0v) is 12.6. The molecule has 22 heavy (non-hydrogen) atoms. The summed E-state index contributed by atoms with van der Waals surface area (Å²) in [5.74, 6) is -0.507. The van der Waals surface area contributed by atoms with Crippen LogP contribution in [0.3, 0.4) is 0 Å². The third-order valence-corrected chi connectivity index (χ3v) is 3.88. The van der Waals surface area contributed by atoms with Gasteiger partial charge in [-0.05, 0) is 31.0 Å². The Morgan fingerprint density at radius 2 is 2.09 bits per heavy atom. The first kappa shape index (κ1) is 16.4. The Kier molecular flexibility index (Phi) is 5.13. The zero-order chi connectivity index (χ0) is 16.2. The SMILES string of the molecule is CC(O)(CNC(=O)CCN1CCCC1=O)c1ccc(F)cc1. The van der Waals surface area contributed by atoms with Crippen LogP contribution >= 0.6 is 0 Å². The molecule has 1 aromatic carbocycles. The van der Waals surface area contributed by atoms with E-state index in [2.05, 4.69) is 5.32 Å². The maximum atomic E-state index is 12.9. The van der Waals surface area contributed by atoms with Gasteiger partial charge in [0, 0.05) is 25.9 Å². The van der Waals surface area contributed by atoms with E-state index >= 15 is 0 Å². The smallest absolute Gasteiger partial charge is 0.222 e. The summed E-state index contributed by atoms with van der Waals surface area (Å²) in [5.41, 5.74) is -0.740. The van der Waals surface area contributed by atoms with Gasteiger partial charge >= 0.3 is 0 Å². The van der Waals surface area contributed by atoms with Crippen molar-refractivity contribution in [2.24, 2.45) is 0 Å². The van der Waals surface area contributed by atoms with Gasteiger partial charge in [-0.2, -0.15) is 0 Å². The molecule has 5 nitrogen and oxygen atoms in total. The molecule has 2 N–H and O–H groups in total. The second-order valence-corrected chi connectivity index (χ2v) is 5.79. The highest BCUT2D eigenvalue weighted by Gasteiger charge is 2.24. The number of benzene rings is 1. The number of carbonyl (C=O) groups is 2. The predicted octanol–water partition coefficient (Wildman–Crippen LogP) is 1.16. The first-order valence-corrected chi connectivity index (χ1v) is 7.41. The molecule has 1 heterocycles. The molecule has 6 heteroatoms. The summed E-state index contributed by atoms with van der Waals surface area (Å²) >= 11 is 0. The maximum absolute atomic E-state index is 12.9. The van der Waals surface area contributed by atoms with Crippen molar-refractivity contribution in [1.82, 2.24) is 10.2 Å². The summed E-state index contributed by atoms with van der Waals surface area (Å²) < 4.78 is 12.9. The molecule has 0 saturated carbocycles. The molecule has 2 rings (SSSR count). The van der Waals surface area contributed by atoms with Crippen LogP contribution in [0.25, 0.3) is 0 Å². The largest absolute Gasteiger partial charge is 0.384 e. The van der Waals surface area contributed by atoms with Crippen LogP contribution in [0.4, 0.5) is 4.39 Å². The quantitative estimate of drug-likeness (QED) is 0.828. The van der Waals surface area contributed by atoms with E-state index in [1.807, 2.05) is 0 Å². The van der Waals surface area contributed by atoms with Gasteiger partial charge in [-0.25, -0.2) is 4.39 Å². The molecule has 1 unspecified atom stereocenters. The fourth-order valence-corrected chi connectivity index (χ4v) is 2.45. The van der Waals surface area contributed by atoms with Gasteiger partial charge in [0.15, 0.2) is 0 Å². The second-order valence-electron chi connectivity index (χ2n) is 5.79. The minimum atomic E-state index is -1.27. The molecular formula is C16H21FN2O3. The van der Waals surface area contributed by atoms with Crippen molar-refractivity contribution in [2.75, 3.05) is 19.6 Å². The lowest BCUT2D eigenvalue weighted by Gasteiger charge is -2.24. The number of carbonyl (C=O) groups excluding carboxylic acids is 2. The van der Waals surface area contributed by atoms with Gasteiger partial charge in [-0.15, -0.1) is 0 Å². The van der Waals surface area contributed by atoms with Gasteiger partial charge in [-0.3, -0.25) is 9.59 Å². The Bertz CT molecular complexity index is 543. The van der Waals surface area contributed by atoms with Gasteiger partial charge < -0.3 is 15.3 Å². The molecule has 1 aliphatic rings. The summed E-state index contributed by atoms with van der Waals surface area (Å²) in [4.78, 5) is 24.9. The van der Waals surface area contributed by atoms with E-state index in [9.17, 15) is 19.1 Å². The normalized spacial score (nSPS) is 17.4. The van der Waals surface area contributed by atoms with E-state index < -0.39 is 5.60 Å². The summed E-state index contributed by atoms with van der Waals surface area (Å²) in [7, 11) is 0. The van der Waals surface area contributed by atoms with Crippen LogP contribution in [0.2, 0.25) is 0 Å². The molecule has 0 spiro atoms. The zero-order valence-electron chi connectivity index (χ0n) is 12.6. The minimum absolute atomic E-state index is 0.0331. The molecule has 2 amide bonds. The topological polar surface area (TPSA) is 69.6 Å². The lowest BCUT2D eigenvalue weighted by Crippen LogP contribution is -2.40. The third kappa shape index (κ3) is 4.27. The third-order valence-electron chi connectivity index (χ3n) is 3.88. The van der Waals surface area contributed by atoms with Crippen molar-refractivity contribution in [3.63, 3.8) is 0 Å². The Morgan fingerprint density at radius 1 is 1.41 bits per heavy atom. The Labute approximate surface area is 129 Å². The Balaban J connectivity index is 1.79. The van der Waals surface area contributed by atoms with Crippen LogP contribution in [0, 0.1) is 5.82 Å². The fraction of sp³-hybridized carbons (Fsp3) is 0.500. The number of hydrogen-bond acceptors (Lipinski definition) is 3. The van der Waals surface area contributed by atoms with Crippen LogP contribution in [0.5, 0.6) is 0 Å². The van der Waals surface area contributed by atoms with Crippen LogP contribution in [0.15, 0.2) is 24.3 Å². The average Bonchev–Trinajstić information content (AvgIpc) is 2.89. The molecule has 1 fully saturated rings. The fourth-order valence-electron chi connectivity index (χ4n) is 2.45. The highest BCUT2D eigenvalue weighted by Crippen LogP contribution is 2.20. The van der Waals surface area contributed by atoms with Gasteiger partial charge in [-0.1, -0.05) is 12.1 Å². The minimum Gasteiger partial charge on any atom is -0.384 e. The number of rotatable bonds is 6. The standard InChI is InChI=1S/C16H21FN2O3/c1-16(22,12-4-6-13(17)7-5-12)11-18-14(20)8-10-19-9-2-3-15(19)21/h4-7,22H,2-3,8-11H2,1H3,(H,18,20). The van der Waals surface area contributed by atoms with E-state index in [1.165, 1.54) is 24.3 Å². The molecule has 0 radical (unpaired) electrons. The summed E-state index contributed by atoms with van der Waals surface area (Å²) in [5, 5.41) is 13.0. The number of hydrogen-bond donors (Lipinski definition) is 2. The Hall–Kier alpha value is -1.95. The maximum Gasteiger partial charge on any atom is 0.222 e. The molecular weight excluding hydrogens is 287 g/mol. The van der Waals surface area contributed by atoms with Crippen molar-refractivity contribution in [3.05, 3.63) is 35.6 Å². The first-order chi connectivity index (χ1) is 10.4. The number of nitrogens with zero attached hydrogens (tertiary/aromatic N) is 1. The molecule has 120 valence electrons.